The van der Waals surface area contributed by atoms with E-state index in [0.29, 0.717) is 0 Å². The van der Waals surface area contributed by atoms with Gasteiger partial charge in [-0.3, -0.25) is 4.98 Å². The molecule has 0 aliphatic heterocycles. The van der Waals surface area contributed by atoms with E-state index in [9.17, 15) is 0 Å². The van der Waals surface area contributed by atoms with Crippen LogP contribution in [0.3, 0.4) is 0 Å². The number of hydrogen-bond donors (Lipinski definition) is 0. The zero-order chi connectivity index (χ0) is 20.3. The highest BCUT2D eigenvalue weighted by molar-refractivity contribution is 9.10. The second-order valence-corrected chi connectivity index (χ2v) is 8.02. The van der Waals surface area contributed by atoms with Crippen LogP contribution in [-0.4, -0.2) is 4.98 Å². The molecular formula is C27H19BrN2. The lowest BCUT2D eigenvalue weighted by molar-refractivity contribution is 1.24. The van der Waals surface area contributed by atoms with E-state index in [1.54, 1.807) is 0 Å². The first-order chi connectivity index (χ1) is 14.8. The minimum absolute atomic E-state index is 1.02. The number of aromatic nitrogens is 1. The van der Waals surface area contributed by atoms with Crippen molar-refractivity contribution < 1.29 is 0 Å². The van der Waals surface area contributed by atoms with Crippen molar-refractivity contribution in [2.45, 2.75) is 0 Å². The Morgan fingerprint density at radius 3 is 2.17 bits per heavy atom. The molecule has 0 unspecified atom stereocenters. The lowest BCUT2D eigenvalue weighted by Crippen LogP contribution is -2.11. The van der Waals surface area contributed by atoms with Crippen LogP contribution >= 0.6 is 15.9 Å². The maximum absolute atomic E-state index is 4.58. The van der Waals surface area contributed by atoms with Gasteiger partial charge in [-0.05, 0) is 47.3 Å². The van der Waals surface area contributed by atoms with Gasteiger partial charge in [0, 0.05) is 27.3 Å². The normalized spacial score (nSPS) is 10.8. The fraction of sp³-hybridized carbons (Fsp3) is 0. The molecular weight excluding hydrogens is 432 g/mol. The summed E-state index contributed by atoms with van der Waals surface area (Å²) in [6, 6.07) is 35.9. The molecule has 30 heavy (non-hydrogen) atoms. The van der Waals surface area contributed by atoms with Crippen LogP contribution in [0.2, 0.25) is 0 Å². The average molecular weight is 451 g/mol. The number of fused-ring (bicyclic) bond motifs is 1. The fourth-order valence-corrected chi connectivity index (χ4v) is 4.02. The third-order valence-electron chi connectivity index (χ3n) is 5.18. The van der Waals surface area contributed by atoms with Gasteiger partial charge in [0.25, 0.3) is 0 Å². The van der Waals surface area contributed by atoms with Crippen LogP contribution in [-0.2, 0) is 0 Å². The number of pyridine rings is 1. The summed E-state index contributed by atoms with van der Waals surface area (Å²) in [7, 11) is 0. The molecule has 0 aliphatic rings. The van der Waals surface area contributed by atoms with Gasteiger partial charge in [-0.25, -0.2) is 0 Å². The van der Waals surface area contributed by atoms with E-state index in [1.807, 2.05) is 18.5 Å². The van der Waals surface area contributed by atoms with Crippen molar-refractivity contribution >= 4 is 43.8 Å². The molecule has 1 heterocycles. The zero-order valence-electron chi connectivity index (χ0n) is 16.2. The van der Waals surface area contributed by atoms with Crippen molar-refractivity contribution in [2.24, 2.45) is 0 Å². The summed E-state index contributed by atoms with van der Waals surface area (Å²) in [5.74, 6) is 0. The smallest absolute Gasteiger partial charge is 0.0651 e. The maximum Gasteiger partial charge on any atom is 0.0651 e. The van der Waals surface area contributed by atoms with Gasteiger partial charge >= 0.3 is 0 Å². The van der Waals surface area contributed by atoms with Crippen LogP contribution in [0.15, 0.2) is 120 Å². The zero-order valence-corrected chi connectivity index (χ0v) is 17.8. The largest absolute Gasteiger partial charge is 0.308 e. The molecule has 4 aromatic carbocycles. The first kappa shape index (κ1) is 18.6. The van der Waals surface area contributed by atoms with Gasteiger partial charge in [-0.1, -0.05) is 82.7 Å². The summed E-state index contributed by atoms with van der Waals surface area (Å²) in [5.41, 5.74) is 5.48. The quantitative estimate of drug-likeness (QED) is 0.274. The third-order valence-corrected chi connectivity index (χ3v) is 5.71. The molecule has 0 saturated carbocycles. The second kappa shape index (κ2) is 8.13. The van der Waals surface area contributed by atoms with E-state index in [2.05, 4.69) is 123 Å². The van der Waals surface area contributed by atoms with Crippen LogP contribution in [0.1, 0.15) is 0 Å². The Bertz CT molecular complexity index is 1290. The molecule has 0 N–H and O–H groups in total. The molecule has 0 amide bonds. The monoisotopic (exact) mass is 450 g/mol. The van der Waals surface area contributed by atoms with Gasteiger partial charge in [-0.15, -0.1) is 0 Å². The van der Waals surface area contributed by atoms with Crippen molar-refractivity contribution in [3.05, 3.63) is 120 Å². The van der Waals surface area contributed by atoms with E-state index < -0.39 is 0 Å². The summed E-state index contributed by atoms with van der Waals surface area (Å²) >= 11 is 3.56. The predicted molar refractivity (Wildman–Crippen MR) is 130 cm³/mol. The van der Waals surface area contributed by atoms with Crippen LogP contribution in [0.5, 0.6) is 0 Å². The van der Waals surface area contributed by atoms with Crippen molar-refractivity contribution in [2.75, 3.05) is 4.90 Å². The Kier molecular flexibility index (Phi) is 5.04. The molecule has 5 rings (SSSR count). The van der Waals surface area contributed by atoms with Gasteiger partial charge < -0.3 is 4.90 Å². The number of hydrogen-bond acceptors (Lipinski definition) is 2. The summed E-state index contributed by atoms with van der Waals surface area (Å²) in [4.78, 5) is 6.85. The minimum atomic E-state index is 1.02. The standard InChI is InChI=1S/C27H19BrN2/c28-23-13-15-24(16-14-23)30(27-12-6-10-21-9-4-5-11-26(21)27)25-17-22(18-29-19-25)20-7-2-1-3-8-20/h1-19H. The Morgan fingerprint density at radius 2 is 1.33 bits per heavy atom. The van der Waals surface area contributed by atoms with Gasteiger partial charge in [0.05, 0.1) is 17.6 Å². The van der Waals surface area contributed by atoms with Crippen molar-refractivity contribution in [1.82, 2.24) is 4.98 Å². The maximum atomic E-state index is 4.58. The predicted octanol–water partition coefficient (Wildman–Crippen LogP) is 8.13. The molecule has 0 saturated heterocycles. The van der Waals surface area contributed by atoms with E-state index in [1.165, 1.54) is 10.8 Å². The van der Waals surface area contributed by atoms with Crippen molar-refractivity contribution in [3.63, 3.8) is 0 Å². The Morgan fingerprint density at radius 1 is 0.600 bits per heavy atom. The topological polar surface area (TPSA) is 16.1 Å². The van der Waals surface area contributed by atoms with Crippen molar-refractivity contribution in [1.29, 1.82) is 0 Å². The lowest BCUT2D eigenvalue weighted by Gasteiger charge is -2.27. The molecule has 3 heteroatoms. The van der Waals surface area contributed by atoms with Crippen LogP contribution in [0.25, 0.3) is 21.9 Å². The van der Waals surface area contributed by atoms with Gasteiger partial charge in [0.1, 0.15) is 0 Å². The molecule has 1 aromatic heterocycles. The highest BCUT2D eigenvalue weighted by atomic mass is 79.9. The number of benzene rings is 4. The highest BCUT2D eigenvalue weighted by Gasteiger charge is 2.16. The molecule has 0 fully saturated rings. The minimum Gasteiger partial charge on any atom is -0.308 e. The van der Waals surface area contributed by atoms with Gasteiger partial charge in [0.15, 0.2) is 0 Å². The molecule has 0 atom stereocenters. The van der Waals surface area contributed by atoms with Crippen molar-refractivity contribution in [3.8, 4) is 11.1 Å². The van der Waals surface area contributed by atoms with E-state index in [-0.39, 0.29) is 0 Å². The molecule has 0 bridgehead atoms. The first-order valence-corrected chi connectivity index (χ1v) is 10.6. The fourth-order valence-electron chi connectivity index (χ4n) is 3.76. The molecule has 2 nitrogen and oxygen atoms in total. The molecule has 0 radical (unpaired) electrons. The Balaban J connectivity index is 1.72. The summed E-state index contributed by atoms with van der Waals surface area (Å²) < 4.78 is 1.06. The molecule has 5 aromatic rings. The highest BCUT2D eigenvalue weighted by Crippen LogP contribution is 2.39. The van der Waals surface area contributed by atoms with E-state index in [4.69, 9.17) is 0 Å². The van der Waals surface area contributed by atoms with Crippen LogP contribution in [0, 0.1) is 0 Å². The number of rotatable bonds is 4. The van der Waals surface area contributed by atoms with E-state index >= 15 is 0 Å². The number of halogens is 1. The SMILES string of the molecule is Brc1ccc(N(c2cncc(-c3ccccc3)c2)c2cccc3ccccc23)cc1. The molecule has 0 aliphatic carbocycles. The van der Waals surface area contributed by atoms with Crippen LogP contribution in [0.4, 0.5) is 17.1 Å². The average Bonchev–Trinajstić information content (AvgIpc) is 2.81. The third kappa shape index (κ3) is 3.60. The van der Waals surface area contributed by atoms with Gasteiger partial charge in [-0.2, -0.15) is 0 Å². The second-order valence-electron chi connectivity index (χ2n) is 7.11. The number of anilines is 3. The Labute approximate surface area is 184 Å². The Hall–Kier alpha value is -3.43. The van der Waals surface area contributed by atoms with Gasteiger partial charge in [0.2, 0.25) is 0 Å². The summed E-state index contributed by atoms with van der Waals surface area (Å²) in [5, 5.41) is 2.41. The van der Waals surface area contributed by atoms with Crippen LogP contribution < -0.4 is 4.90 Å². The molecule has 144 valence electrons. The van der Waals surface area contributed by atoms with E-state index in [0.717, 1.165) is 32.7 Å². The first-order valence-electron chi connectivity index (χ1n) is 9.83. The lowest BCUT2D eigenvalue weighted by atomic mass is 10.0. The molecule has 0 spiro atoms. The summed E-state index contributed by atoms with van der Waals surface area (Å²) in [6.07, 6.45) is 3.85. The summed E-state index contributed by atoms with van der Waals surface area (Å²) in [6.45, 7) is 0. The number of nitrogens with zero attached hydrogens (tertiary/aromatic N) is 2.